The molecule has 1 saturated heterocycles. The number of hydrogen-bond donors (Lipinski definition) is 4. The van der Waals surface area contributed by atoms with Crippen LogP contribution in [0.3, 0.4) is 0 Å². The van der Waals surface area contributed by atoms with Crippen LogP contribution in [-0.2, 0) is 43.2 Å². The summed E-state index contributed by atoms with van der Waals surface area (Å²) in [7, 11) is 0. The minimum Gasteiger partial charge on any atom is -0.373 e. The van der Waals surface area contributed by atoms with E-state index in [9.17, 15) is 19.2 Å². The molecule has 1 aromatic heterocycles. The second-order valence-electron chi connectivity index (χ2n) is 11.4. The number of H-pyrrole nitrogens is 1. The summed E-state index contributed by atoms with van der Waals surface area (Å²) in [6.07, 6.45) is 4.14. The summed E-state index contributed by atoms with van der Waals surface area (Å²) in [4.78, 5) is 54.4. The first-order valence-corrected chi connectivity index (χ1v) is 15.1. The average molecular weight is 607 g/mol. The van der Waals surface area contributed by atoms with Gasteiger partial charge in [-0.3, -0.25) is 14.4 Å². The molecule has 1 unspecified atom stereocenters. The van der Waals surface area contributed by atoms with Crippen LogP contribution < -0.4 is 16.0 Å². The normalized spacial score (nSPS) is 16.1. The largest absolute Gasteiger partial charge is 0.373 e. The molecule has 0 spiro atoms. The number of hydrogen-bond acceptors (Lipinski definition) is 5. The third-order valence-corrected chi connectivity index (χ3v) is 7.97. The van der Waals surface area contributed by atoms with Crippen molar-refractivity contribution in [1.29, 1.82) is 0 Å². The Bertz CT molecular complexity index is 1710. The van der Waals surface area contributed by atoms with E-state index in [1.807, 2.05) is 92.0 Å². The van der Waals surface area contributed by atoms with Crippen molar-refractivity contribution in [1.82, 2.24) is 20.9 Å². The van der Waals surface area contributed by atoms with Crippen LogP contribution in [0.1, 0.15) is 36.1 Å². The zero-order chi connectivity index (χ0) is 31.8. The lowest BCUT2D eigenvalue weighted by Gasteiger charge is -2.21. The minimum absolute atomic E-state index is 0.200. The van der Waals surface area contributed by atoms with Crippen molar-refractivity contribution in [3.8, 4) is 0 Å². The van der Waals surface area contributed by atoms with Gasteiger partial charge in [0.2, 0.25) is 17.7 Å². The molecule has 2 aliphatic rings. The lowest BCUT2D eigenvalue weighted by molar-refractivity contribution is -0.130. The Labute approximate surface area is 262 Å². The molecule has 3 amide bonds. The van der Waals surface area contributed by atoms with Gasteiger partial charge in [0.05, 0.1) is 25.3 Å². The fraction of sp³-hybridized carbons (Fsp3) is 0.278. The van der Waals surface area contributed by atoms with Crippen molar-refractivity contribution in [2.75, 3.05) is 13.2 Å². The molecular formula is C36H38N4O5. The molecular weight excluding hydrogens is 568 g/mol. The summed E-state index contributed by atoms with van der Waals surface area (Å²) >= 11 is 0. The van der Waals surface area contributed by atoms with E-state index in [0.717, 1.165) is 45.3 Å². The summed E-state index contributed by atoms with van der Waals surface area (Å²) in [5.41, 5.74) is 6.31. The number of ether oxygens (including phenoxy) is 1. The highest BCUT2D eigenvalue weighted by molar-refractivity contribution is 6.05. The number of aromatic amines is 1. The van der Waals surface area contributed by atoms with Crippen molar-refractivity contribution in [3.05, 3.63) is 113 Å². The van der Waals surface area contributed by atoms with E-state index in [1.54, 1.807) is 0 Å². The number of amides is 3. The van der Waals surface area contributed by atoms with Crippen LogP contribution in [0.2, 0.25) is 0 Å². The predicted molar refractivity (Wildman–Crippen MR) is 173 cm³/mol. The quantitative estimate of drug-likeness (QED) is 0.153. The molecule has 4 N–H and O–H groups in total. The molecule has 45 heavy (non-hydrogen) atoms. The monoisotopic (exact) mass is 606 g/mol. The van der Waals surface area contributed by atoms with Gasteiger partial charge in [-0.1, -0.05) is 72.8 Å². The Morgan fingerprint density at radius 2 is 1.64 bits per heavy atom. The molecule has 3 atom stereocenters. The molecule has 232 valence electrons. The maximum atomic E-state index is 13.4. The van der Waals surface area contributed by atoms with Crippen LogP contribution in [-0.4, -0.2) is 60.3 Å². The number of epoxide rings is 1. The average Bonchev–Trinajstić information content (AvgIpc) is 3.62. The molecule has 0 radical (unpaired) electrons. The molecule has 1 aliphatic carbocycles. The topological polar surface area (TPSA) is 133 Å². The maximum absolute atomic E-state index is 13.4. The van der Waals surface area contributed by atoms with Crippen molar-refractivity contribution >= 4 is 40.5 Å². The summed E-state index contributed by atoms with van der Waals surface area (Å²) in [5, 5.41) is 9.20. The maximum Gasteiger partial charge on any atom is 0.248 e. The first-order valence-electron chi connectivity index (χ1n) is 15.1. The van der Waals surface area contributed by atoms with Crippen molar-refractivity contribution in [3.63, 3.8) is 0 Å². The number of fused-ring (bicyclic) bond motifs is 2. The lowest BCUT2D eigenvalue weighted by Crippen LogP contribution is -2.53. The molecule has 2 heterocycles. The molecule has 9 nitrogen and oxygen atoms in total. The van der Waals surface area contributed by atoms with E-state index in [4.69, 9.17) is 4.74 Å². The molecule has 1 fully saturated rings. The first-order chi connectivity index (χ1) is 21.8. The zero-order valence-electron chi connectivity index (χ0n) is 25.5. The number of allylic oxidation sites excluding steroid dienone is 1. The van der Waals surface area contributed by atoms with Gasteiger partial charge in [-0.15, -0.1) is 0 Å². The van der Waals surface area contributed by atoms with Crippen molar-refractivity contribution < 1.29 is 23.9 Å². The Hall–Kier alpha value is -5.02. The van der Waals surface area contributed by atoms with Crippen LogP contribution in [0.25, 0.3) is 16.5 Å². The van der Waals surface area contributed by atoms with E-state index in [2.05, 4.69) is 27.9 Å². The number of rotatable bonds is 11. The molecule has 0 saturated carbocycles. The van der Waals surface area contributed by atoms with Crippen LogP contribution in [0.15, 0.2) is 90.6 Å². The second kappa shape index (κ2) is 14.6. The molecule has 9 heteroatoms. The van der Waals surface area contributed by atoms with Gasteiger partial charge in [-0.25, -0.2) is 0 Å². The van der Waals surface area contributed by atoms with E-state index >= 15 is 0 Å². The third-order valence-electron chi connectivity index (χ3n) is 7.97. The third kappa shape index (κ3) is 8.33. The van der Waals surface area contributed by atoms with Crippen LogP contribution in [0, 0.1) is 0 Å². The molecule has 6 rings (SSSR count). The standard InChI is InChI=1S/C33H32N4O4.C3H6O/c1-21-26-12-6-5-11-23(26)16-28(21)32(40)35-19-31(39)37-30(17-24-18-34-29-14-8-7-13-27(24)29)33(41)36-25(20-38)15-22-9-3-2-4-10-22;1-3-2-4-3/h2-14,18,20,25,30,34H,15-17,19H2,1H3,(H,35,40)(H,36,41)(H,37,39);3H,2H2,1H3/t25-,30-;/m0./s1. The van der Waals surface area contributed by atoms with E-state index in [1.165, 1.54) is 0 Å². The highest BCUT2D eigenvalue weighted by Gasteiger charge is 2.27. The van der Waals surface area contributed by atoms with Gasteiger partial charge < -0.3 is 30.5 Å². The molecule has 1 aliphatic heterocycles. The molecule has 0 bridgehead atoms. The van der Waals surface area contributed by atoms with Gasteiger partial charge in [0, 0.05) is 35.5 Å². The highest BCUT2D eigenvalue weighted by atomic mass is 16.6. The molecule has 3 aromatic carbocycles. The number of carbonyl (C=O) groups is 4. The number of benzene rings is 3. The number of carbonyl (C=O) groups excluding carboxylic acids is 4. The Morgan fingerprint density at radius 1 is 0.956 bits per heavy atom. The summed E-state index contributed by atoms with van der Waals surface area (Å²) in [6.45, 7) is 4.66. The van der Waals surface area contributed by atoms with Crippen LogP contribution in [0.4, 0.5) is 0 Å². The fourth-order valence-corrected chi connectivity index (χ4v) is 5.40. The number of nitrogens with one attached hydrogen (secondary N) is 4. The van der Waals surface area contributed by atoms with Crippen LogP contribution >= 0.6 is 0 Å². The van der Waals surface area contributed by atoms with Gasteiger partial charge >= 0.3 is 0 Å². The minimum atomic E-state index is -0.964. The van der Waals surface area contributed by atoms with Gasteiger partial charge in [-0.05, 0) is 54.2 Å². The van der Waals surface area contributed by atoms with Gasteiger partial charge in [0.15, 0.2) is 0 Å². The zero-order valence-corrected chi connectivity index (χ0v) is 25.5. The van der Waals surface area contributed by atoms with Gasteiger partial charge in [-0.2, -0.15) is 0 Å². The predicted octanol–water partition coefficient (Wildman–Crippen LogP) is 3.67. The Balaban J connectivity index is 0.000000927. The van der Waals surface area contributed by atoms with Crippen molar-refractivity contribution in [2.45, 2.75) is 51.3 Å². The summed E-state index contributed by atoms with van der Waals surface area (Å²) < 4.78 is 4.71. The number of aldehydes is 1. The van der Waals surface area contributed by atoms with Gasteiger partial charge in [0.25, 0.3) is 0 Å². The summed E-state index contributed by atoms with van der Waals surface area (Å²) in [5.74, 6) is -1.29. The van der Waals surface area contributed by atoms with E-state index < -0.39 is 23.9 Å². The summed E-state index contributed by atoms with van der Waals surface area (Å²) in [6, 6.07) is 23.2. The fourth-order valence-electron chi connectivity index (χ4n) is 5.40. The van der Waals surface area contributed by atoms with E-state index in [-0.39, 0.29) is 18.9 Å². The van der Waals surface area contributed by atoms with Gasteiger partial charge in [0.1, 0.15) is 12.3 Å². The smallest absolute Gasteiger partial charge is 0.248 e. The second-order valence-corrected chi connectivity index (χ2v) is 11.4. The van der Waals surface area contributed by atoms with Crippen molar-refractivity contribution in [2.24, 2.45) is 0 Å². The molecule has 4 aromatic rings. The SMILES string of the molecule is CC1=C(C(=O)NCC(=O)N[C@@H](Cc2c[nH]c3ccccc23)C(=O)N[C@H](C=O)Cc2ccccc2)Cc2ccccc21.CC1CO1. The number of aromatic nitrogens is 1. The Morgan fingerprint density at radius 3 is 2.36 bits per heavy atom. The lowest BCUT2D eigenvalue weighted by atomic mass is 10.0. The van der Waals surface area contributed by atoms with E-state index in [0.29, 0.717) is 30.8 Å². The number of para-hydroxylation sites is 1. The van der Waals surface area contributed by atoms with Crippen LogP contribution in [0.5, 0.6) is 0 Å². The highest BCUT2D eigenvalue weighted by Crippen LogP contribution is 2.32. The Kier molecular flexibility index (Phi) is 10.2. The first kappa shape index (κ1) is 31.4.